The SMILES string of the molecule is Cc1ccc(-c2ccc(C3=NN(C)C(c4nc5cc6c(cc5[nH]4)CNC6)C3O)cc2)cc1. The maximum atomic E-state index is 11.2. The number of aromatic nitrogens is 2. The van der Waals surface area contributed by atoms with Crippen LogP contribution in [-0.4, -0.2) is 38.9 Å². The highest BCUT2D eigenvalue weighted by atomic mass is 16.3. The van der Waals surface area contributed by atoms with Gasteiger partial charge >= 0.3 is 0 Å². The molecule has 0 amide bonds. The van der Waals surface area contributed by atoms with E-state index >= 15 is 0 Å². The Hall–Kier alpha value is -3.48. The van der Waals surface area contributed by atoms with E-state index in [0.29, 0.717) is 5.71 Å². The van der Waals surface area contributed by atoms with Crippen molar-refractivity contribution >= 4 is 16.7 Å². The Balaban J connectivity index is 1.28. The predicted molar refractivity (Wildman–Crippen MR) is 126 cm³/mol. The number of rotatable bonds is 3. The van der Waals surface area contributed by atoms with Crippen LogP contribution in [0.3, 0.4) is 0 Å². The average molecular weight is 424 g/mol. The second-order valence-corrected chi connectivity index (χ2v) is 8.76. The fraction of sp³-hybridized carbons (Fsp3) is 0.231. The number of hydrogen-bond acceptors (Lipinski definition) is 5. The van der Waals surface area contributed by atoms with Crippen LogP contribution in [0.25, 0.3) is 22.2 Å². The summed E-state index contributed by atoms with van der Waals surface area (Å²) in [5, 5.41) is 21.0. The fourth-order valence-corrected chi connectivity index (χ4v) is 4.75. The third-order valence-electron chi connectivity index (χ3n) is 6.55. The van der Waals surface area contributed by atoms with Gasteiger partial charge in [0.05, 0.1) is 16.7 Å². The number of hydrogen-bond donors (Lipinski definition) is 3. The summed E-state index contributed by atoms with van der Waals surface area (Å²) in [4.78, 5) is 8.23. The Morgan fingerprint density at radius 2 is 1.53 bits per heavy atom. The monoisotopic (exact) mass is 423 g/mol. The molecule has 4 aromatic rings. The van der Waals surface area contributed by atoms with Gasteiger partial charge in [0.1, 0.15) is 18.0 Å². The van der Waals surface area contributed by atoms with Crippen molar-refractivity contribution in [2.24, 2.45) is 5.10 Å². The zero-order chi connectivity index (χ0) is 21.8. The van der Waals surface area contributed by atoms with Crippen LogP contribution in [0.4, 0.5) is 0 Å². The van der Waals surface area contributed by atoms with E-state index in [9.17, 15) is 5.11 Å². The standard InChI is InChI=1S/C26H25N5O/c1-15-3-5-16(6-4-15)17-7-9-18(10-8-17)23-25(32)24(31(2)30-23)26-28-21-11-19-13-27-14-20(19)12-22(21)29-26/h3-12,24-25,27,32H,13-14H2,1-2H3,(H,28,29). The topological polar surface area (TPSA) is 76.5 Å². The number of aryl methyl sites for hydroxylation is 1. The lowest BCUT2D eigenvalue weighted by molar-refractivity contribution is 0.134. The first-order valence-corrected chi connectivity index (χ1v) is 11.0. The molecule has 2 aliphatic rings. The van der Waals surface area contributed by atoms with Gasteiger partial charge in [0.15, 0.2) is 0 Å². The molecule has 3 heterocycles. The van der Waals surface area contributed by atoms with Gasteiger partial charge in [-0.3, -0.25) is 5.01 Å². The number of nitrogens with zero attached hydrogens (tertiary/aromatic N) is 3. The zero-order valence-corrected chi connectivity index (χ0v) is 18.1. The van der Waals surface area contributed by atoms with Crippen molar-refractivity contribution in [2.45, 2.75) is 32.2 Å². The molecule has 6 rings (SSSR count). The van der Waals surface area contributed by atoms with E-state index in [1.165, 1.54) is 22.3 Å². The average Bonchev–Trinajstić information content (AvgIpc) is 3.49. The minimum absolute atomic E-state index is 0.345. The van der Waals surface area contributed by atoms with Gasteiger partial charge in [-0.1, -0.05) is 54.1 Å². The summed E-state index contributed by atoms with van der Waals surface area (Å²) in [7, 11) is 1.89. The number of aromatic amines is 1. The molecule has 0 bridgehead atoms. The molecule has 0 spiro atoms. The summed E-state index contributed by atoms with van der Waals surface area (Å²) in [5.74, 6) is 0.738. The lowest BCUT2D eigenvalue weighted by atomic mass is 9.97. The number of H-pyrrole nitrogens is 1. The van der Waals surface area contributed by atoms with Gasteiger partial charge in [-0.2, -0.15) is 5.10 Å². The van der Waals surface area contributed by atoms with Gasteiger partial charge in [-0.05, 0) is 41.3 Å². The van der Waals surface area contributed by atoms with Gasteiger partial charge in [0, 0.05) is 25.7 Å². The number of benzene rings is 3. The number of aliphatic hydroxyl groups excluding tert-OH is 1. The van der Waals surface area contributed by atoms with E-state index in [0.717, 1.165) is 41.1 Å². The van der Waals surface area contributed by atoms with Crippen molar-refractivity contribution in [1.82, 2.24) is 20.3 Å². The molecule has 32 heavy (non-hydrogen) atoms. The summed E-state index contributed by atoms with van der Waals surface area (Å²) in [6.45, 7) is 3.86. The summed E-state index contributed by atoms with van der Waals surface area (Å²) in [6, 6.07) is 20.7. The second-order valence-electron chi connectivity index (χ2n) is 8.76. The number of imidazole rings is 1. The van der Waals surface area contributed by atoms with Crippen molar-refractivity contribution in [3.8, 4) is 11.1 Å². The number of likely N-dealkylation sites (N-methyl/N-ethyl adjacent to an activating group) is 1. The summed E-state index contributed by atoms with van der Waals surface area (Å²) < 4.78 is 0. The highest BCUT2D eigenvalue weighted by molar-refractivity contribution is 6.05. The van der Waals surface area contributed by atoms with Crippen LogP contribution in [0.1, 0.15) is 34.1 Å². The van der Waals surface area contributed by atoms with Crippen molar-refractivity contribution in [3.63, 3.8) is 0 Å². The first-order valence-electron chi connectivity index (χ1n) is 11.0. The van der Waals surface area contributed by atoms with Crippen molar-refractivity contribution < 1.29 is 5.11 Å². The van der Waals surface area contributed by atoms with Crippen LogP contribution in [0, 0.1) is 6.92 Å². The van der Waals surface area contributed by atoms with E-state index in [1.54, 1.807) is 5.01 Å². The molecule has 2 unspecified atom stereocenters. The lowest BCUT2D eigenvalue weighted by Gasteiger charge is -2.19. The van der Waals surface area contributed by atoms with E-state index in [2.05, 4.69) is 70.9 Å². The quantitative estimate of drug-likeness (QED) is 0.467. The molecule has 3 N–H and O–H groups in total. The van der Waals surface area contributed by atoms with Gasteiger partial charge in [0.25, 0.3) is 0 Å². The summed E-state index contributed by atoms with van der Waals surface area (Å²) in [5.41, 5.74) is 9.68. The predicted octanol–water partition coefficient (Wildman–Crippen LogP) is 3.89. The van der Waals surface area contributed by atoms with Gasteiger partial charge in [-0.15, -0.1) is 0 Å². The minimum atomic E-state index is -0.765. The number of nitrogens with one attached hydrogen (secondary N) is 2. The van der Waals surface area contributed by atoms with E-state index < -0.39 is 6.10 Å². The largest absolute Gasteiger partial charge is 0.384 e. The fourth-order valence-electron chi connectivity index (χ4n) is 4.75. The molecular formula is C26H25N5O. The highest BCUT2D eigenvalue weighted by Crippen LogP contribution is 2.33. The zero-order valence-electron chi connectivity index (χ0n) is 18.1. The van der Waals surface area contributed by atoms with Gasteiger partial charge in [-0.25, -0.2) is 4.98 Å². The summed E-state index contributed by atoms with van der Waals surface area (Å²) >= 11 is 0. The van der Waals surface area contributed by atoms with Crippen LogP contribution in [-0.2, 0) is 13.1 Å². The molecule has 3 aromatic carbocycles. The number of hydrazone groups is 1. The van der Waals surface area contributed by atoms with Crippen molar-refractivity contribution in [1.29, 1.82) is 0 Å². The van der Waals surface area contributed by atoms with E-state index in [4.69, 9.17) is 4.98 Å². The molecule has 0 saturated carbocycles. The third kappa shape index (κ3) is 3.11. The molecule has 6 nitrogen and oxygen atoms in total. The van der Waals surface area contributed by atoms with Gasteiger partial charge < -0.3 is 15.4 Å². The first-order chi connectivity index (χ1) is 15.6. The molecule has 160 valence electrons. The molecule has 0 radical (unpaired) electrons. The maximum Gasteiger partial charge on any atom is 0.136 e. The van der Waals surface area contributed by atoms with Crippen LogP contribution in [0.15, 0.2) is 65.8 Å². The van der Waals surface area contributed by atoms with Crippen LogP contribution in [0.2, 0.25) is 0 Å². The third-order valence-corrected chi connectivity index (χ3v) is 6.55. The molecule has 0 aliphatic carbocycles. The Morgan fingerprint density at radius 1 is 0.906 bits per heavy atom. The normalized spacial score (nSPS) is 20.1. The summed E-state index contributed by atoms with van der Waals surface area (Å²) in [6.07, 6.45) is -0.765. The Labute approximate surface area is 186 Å². The Kier molecular flexibility index (Phi) is 4.38. The van der Waals surface area contributed by atoms with E-state index in [1.807, 2.05) is 19.2 Å². The molecule has 6 heteroatoms. The van der Waals surface area contributed by atoms with Gasteiger partial charge in [0.2, 0.25) is 0 Å². The van der Waals surface area contributed by atoms with Crippen LogP contribution >= 0.6 is 0 Å². The number of fused-ring (bicyclic) bond motifs is 2. The Bertz CT molecular complexity index is 1300. The second kappa shape index (κ2) is 7.29. The van der Waals surface area contributed by atoms with Crippen LogP contribution in [0.5, 0.6) is 0 Å². The molecule has 1 aromatic heterocycles. The molecule has 0 saturated heterocycles. The first kappa shape index (κ1) is 19.2. The molecule has 2 aliphatic heterocycles. The lowest BCUT2D eigenvalue weighted by Crippen LogP contribution is -2.29. The van der Waals surface area contributed by atoms with Crippen molar-refractivity contribution in [2.75, 3.05) is 7.05 Å². The van der Waals surface area contributed by atoms with Crippen molar-refractivity contribution in [3.05, 3.63) is 88.7 Å². The minimum Gasteiger partial charge on any atom is -0.384 e. The number of aliphatic hydroxyl groups is 1. The molecule has 2 atom stereocenters. The maximum absolute atomic E-state index is 11.2. The smallest absolute Gasteiger partial charge is 0.136 e. The highest BCUT2D eigenvalue weighted by Gasteiger charge is 2.38. The van der Waals surface area contributed by atoms with Crippen LogP contribution < -0.4 is 5.32 Å². The molecule has 0 fully saturated rings. The van der Waals surface area contributed by atoms with E-state index in [-0.39, 0.29) is 6.04 Å². The Morgan fingerprint density at radius 3 is 2.25 bits per heavy atom. The molecular weight excluding hydrogens is 398 g/mol.